The van der Waals surface area contributed by atoms with Gasteiger partial charge in [-0.15, -0.1) is 0 Å². The maximum atomic E-state index is 10.7. The summed E-state index contributed by atoms with van der Waals surface area (Å²) in [5.41, 5.74) is 1.08. The Morgan fingerprint density at radius 3 is 2.17 bits per heavy atom. The van der Waals surface area contributed by atoms with Gasteiger partial charge in [0.05, 0.1) is 12.0 Å². The molecule has 0 aliphatic heterocycles. The summed E-state index contributed by atoms with van der Waals surface area (Å²) in [5.74, 6) is -1.80. The number of aliphatic carboxylic acids is 1. The number of hydrogen-bond donors (Lipinski definition) is 2. The van der Waals surface area contributed by atoms with Crippen molar-refractivity contribution in [3.63, 3.8) is 0 Å². The van der Waals surface area contributed by atoms with E-state index in [1.165, 1.54) is 12.1 Å². The highest BCUT2D eigenvalue weighted by molar-refractivity contribution is 5.88. The third-order valence-electron chi connectivity index (χ3n) is 2.57. The van der Waals surface area contributed by atoms with Gasteiger partial charge in [-0.25, -0.2) is 4.79 Å². The van der Waals surface area contributed by atoms with Crippen molar-refractivity contribution < 1.29 is 19.8 Å². The lowest BCUT2D eigenvalue weighted by atomic mass is 10.2. The smallest absolute Gasteiger partial charge is 0.335 e. The Bertz CT molecular complexity index is 414. The van der Waals surface area contributed by atoms with E-state index in [1.807, 2.05) is 11.8 Å². The largest absolute Gasteiger partial charge is 0.481 e. The van der Waals surface area contributed by atoms with Crippen molar-refractivity contribution in [3.05, 3.63) is 29.8 Å². The van der Waals surface area contributed by atoms with Gasteiger partial charge in [0, 0.05) is 18.8 Å². The number of carbonyl (C=O) groups is 2. The van der Waals surface area contributed by atoms with Crippen LogP contribution < -0.4 is 4.90 Å². The maximum absolute atomic E-state index is 10.7. The van der Waals surface area contributed by atoms with Crippen molar-refractivity contribution in [2.75, 3.05) is 18.0 Å². The number of benzene rings is 1. The molecule has 0 aliphatic rings. The fraction of sp³-hybridized carbons (Fsp3) is 0.385. The second-order valence-corrected chi connectivity index (χ2v) is 3.98. The Kier molecular flexibility index (Phi) is 5.17. The number of carboxylic acids is 2. The Hall–Kier alpha value is -2.04. The van der Waals surface area contributed by atoms with E-state index in [4.69, 9.17) is 10.2 Å². The van der Waals surface area contributed by atoms with Gasteiger partial charge in [-0.3, -0.25) is 4.79 Å². The van der Waals surface area contributed by atoms with Gasteiger partial charge in [0.15, 0.2) is 0 Å². The van der Waals surface area contributed by atoms with E-state index >= 15 is 0 Å². The van der Waals surface area contributed by atoms with Gasteiger partial charge in [-0.05, 0) is 30.7 Å². The third kappa shape index (κ3) is 4.08. The molecule has 0 radical (unpaired) electrons. The fourth-order valence-corrected chi connectivity index (χ4v) is 1.69. The second kappa shape index (κ2) is 6.64. The molecule has 0 spiro atoms. The van der Waals surface area contributed by atoms with Crippen molar-refractivity contribution >= 4 is 17.6 Å². The minimum Gasteiger partial charge on any atom is -0.481 e. The van der Waals surface area contributed by atoms with Crippen LogP contribution in [-0.4, -0.2) is 35.2 Å². The van der Waals surface area contributed by atoms with Crippen molar-refractivity contribution in [2.24, 2.45) is 0 Å². The number of aromatic carboxylic acids is 1. The van der Waals surface area contributed by atoms with Gasteiger partial charge in [0.1, 0.15) is 0 Å². The Morgan fingerprint density at radius 2 is 1.72 bits per heavy atom. The molecule has 98 valence electrons. The fourth-order valence-electron chi connectivity index (χ4n) is 1.69. The molecule has 18 heavy (non-hydrogen) atoms. The van der Waals surface area contributed by atoms with E-state index in [-0.39, 0.29) is 12.0 Å². The highest BCUT2D eigenvalue weighted by Gasteiger charge is 2.09. The summed E-state index contributed by atoms with van der Waals surface area (Å²) in [6.45, 7) is 3.19. The standard InChI is InChI=1S/C13H17NO4/c1-2-8-14(9-7-12(15)16)11-5-3-10(4-6-11)13(17)18/h3-6H,2,7-9H2,1H3,(H,15,16)(H,17,18). The number of carboxylic acid groups (broad SMARTS) is 2. The summed E-state index contributed by atoms with van der Waals surface area (Å²) in [4.78, 5) is 23.3. The molecule has 0 fully saturated rings. The van der Waals surface area contributed by atoms with E-state index in [2.05, 4.69) is 0 Å². The highest BCUT2D eigenvalue weighted by atomic mass is 16.4. The molecular weight excluding hydrogens is 234 g/mol. The van der Waals surface area contributed by atoms with Crippen LogP contribution in [0, 0.1) is 0 Å². The molecular formula is C13H17NO4. The summed E-state index contributed by atoms with van der Waals surface area (Å²) in [7, 11) is 0. The molecule has 0 saturated heterocycles. The van der Waals surface area contributed by atoms with Crippen LogP contribution in [0.4, 0.5) is 5.69 Å². The molecule has 0 atom stereocenters. The molecule has 0 heterocycles. The molecule has 0 aromatic heterocycles. The van der Waals surface area contributed by atoms with Crippen LogP contribution in [0.15, 0.2) is 24.3 Å². The van der Waals surface area contributed by atoms with E-state index in [0.29, 0.717) is 6.54 Å². The monoisotopic (exact) mass is 251 g/mol. The minimum absolute atomic E-state index is 0.0701. The van der Waals surface area contributed by atoms with Gasteiger partial charge >= 0.3 is 11.9 Å². The van der Waals surface area contributed by atoms with E-state index in [1.54, 1.807) is 12.1 Å². The molecule has 0 bridgehead atoms. The van der Waals surface area contributed by atoms with Crippen LogP contribution in [0.25, 0.3) is 0 Å². The molecule has 1 rings (SSSR count). The van der Waals surface area contributed by atoms with Crippen molar-refractivity contribution in [3.8, 4) is 0 Å². The van der Waals surface area contributed by atoms with Crippen LogP contribution in [0.1, 0.15) is 30.1 Å². The molecule has 2 N–H and O–H groups in total. The number of anilines is 1. The second-order valence-electron chi connectivity index (χ2n) is 3.98. The van der Waals surface area contributed by atoms with Crippen molar-refractivity contribution in [1.29, 1.82) is 0 Å². The van der Waals surface area contributed by atoms with Crippen LogP contribution in [0.5, 0.6) is 0 Å². The molecule has 1 aromatic carbocycles. The average Bonchev–Trinajstić information content (AvgIpc) is 2.34. The maximum Gasteiger partial charge on any atom is 0.335 e. The first-order valence-electron chi connectivity index (χ1n) is 5.84. The quantitative estimate of drug-likeness (QED) is 0.775. The van der Waals surface area contributed by atoms with Gasteiger partial charge in [0.25, 0.3) is 0 Å². The van der Waals surface area contributed by atoms with Crippen molar-refractivity contribution in [1.82, 2.24) is 0 Å². The first kappa shape index (κ1) is 14.0. The summed E-state index contributed by atoms with van der Waals surface area (Å²) in [6.07, 6.45) is 0.973. The van der Waals surface area contributed by atoms with Crippen LogP contribution in [0.3, 0.4) is 0 Å². The van der Waals surface area contributed by atoms with E-state index in [0.717, 1.165) is 18.7 Å². The third-order valence-corrected chi connectivity index (χ3v) is 2.57. The lowest BCUT2D eigenvalue weighted by Gasteiger charge is -2.23. The summed E-state index contributed by atoms with van der Waals surface area (Å²) in [6, 6.07) is 6.48. The van der Waals surface area contributed by atoms with Crippen LogP contribution >= 0.6 is 0 Å². The Morgan fingerprint density at radius 1 is 1.11 bits per heavy atom. The Labute approximate surface area is 106 Å². The summed E-state index contributed by atoms with van der Waals surface area (Å²) >= 11 is 0. The zero-order chi connectivity index (χ0) is 13.5. The number of rotatable bonds is 7. The predicted molar refractivity (Wildman–Crippen MR) is 68.2 cm³/mol. The molecule has 5 nitrogen and oxygen atoms in total. The normalized spacial score (nSPS) is 10.1. The van der Waals surface area contributed by atoms with Gasteiger partial charge in [0.2, 0.25) is 0 Å². The topological polar surface area (TPSA) is 77.8 Å². The molecule has 5 heteroatoms. The lowest BCUT2D eigenvalue weighted by molar-refractivity contribution is -0.136. The zero-order valence-electron chi connectivity index (χ0n) is 10.3. The average molecular weight is 251 g/mol. The Balaban J connectivity index is 2.78. The first-order chi connectivity index (χ1) is 8.54. The molecule has 1 aromatic rings. The minimum atomic E-state index is -0.964. The first-order valence-corrected chi connectivity index (χ1v) is 5.84. The van der Waals surface area contributed by atoms with Gasteiger partial charge in [-0.2, -0.15) is 0 Å². The highest BCUT2D eigenvalue weighted by Crippen LogP contribution is 2.16. The molecule has 0 saturated carbocycles. The predicted octanol–water partition coefficient (Wildman–Crippen LogP) is 2.08. The van der Waals surface area contributed by atoms with Crippen LogP contribution in [0.2, 0.25) is 0 Å². The van der Waals surface area contributed by atoms with Gasteiger partial charge < -0.3 is 15.1 Å². The zero-order valence-corrected chi connectivity index (χ0v) is 10.3. The van der Waals surface area contributed by atoms with E-state index in [9.17, 15) is 9.59 Å². The molecule has 0 amide bonds. The number of hydrogen-bond acceptors (Lipinski definition) is 3. The summed E-state index contributed by atoms with van der Waals surface area (Å²) < 4.78 is 0. The molecule has 0 unspecified atom stereocenters. The summed E-state index contributed by atoms with van der Waals surface area (Å²) in [5, 5.41) is 17.5. The van der Waals surface area contributed by atoms with Crippen molar-refractivity contribution in [2.45, 2.75) is 19.8 Å². The lowest BCUT2D eigenvalue weighted by Crippen LogP contribution is -2.26. The number of nitrogens with zero attached hydrogens (tertiary/aromatic N) is 1. The SMILES string of the molecule is CCCN(CCC(=O)O)c1ccc(C(=O)O)cc1. The van der Waals surface area contributed by atoms with Gasteiger partial charge in [-0.1, -0.05) is 6.92 Å². The van der Waals surface area contributed by atoms with Crippen LogP contribution in [-0.2, 0) is 4.79 Å². The molecule has 0 aliphatic carbocycles. The van der Waals surface area contributed by atoms with E-state index < -0.39 is 11.9 Å².